The smallest absolute Gasteiger partial charge is 0.305 e. The van der Waals surface area contributed by atoms with Crippen LogP contribution in [-0.4, -0.2) is 18.2 Å². The van der Waals surface area contributed by atoms with Gasteiger partial charge < -0.3 is 9.47 Å². The molecule has 0 unspecified atom stereocenters. The third-order valence-corrected chi connectivity index (χ3v) is 0.914. The van der Waals surface area contributed by atoms with Gasteiger partial charge in [-0.1, -0.05) is 6.08 Å². The number of rotatable bonds is 3. The lowest BCUT2D eigenvalue weighted by Gasteiger charge is -2.11. The lowest BCUT2D eigenvalue weighted by Crippen LogP contribution is -2.19. The summed E-state index contributed by atoms with van der Waals surface area (Å²) in [6.07, 6.45) is 2.21. The second kappa shape index (κ2) is 5.35. The van der Waals surface area contributed by atoms with Crippen molar-refractivity contribution >= 4 is 11.9 Å². The van der Waals surface area contributed by atoms with E-state index in [9.17, 15) is 9.59 Å². The molecule has 12 heavy (non-hydrogen) atoms. The van der Waals surface area contributed by atoms with Crippen LogP contribution in [0.5, 0.6) is 0 Å². The minimum absolute atomic E-state index is 0.487. The van der Waals surface area contributed by atoms with E-state index in [0.29, 0.717) is 0 Å². The first-order valence-corrected chi connectivity index (χ1v) is 3.53. The van der Waals surface area contributed by atoms with Crippen LogP contribution in [0.3, 0.4) is 0 Å². The van der Waals surface area contributed by atoms with Crippen LogP contribution >= 0.6 is 0 Å². The lowest BCUT2D eigenvalue weighted by molar-refractivity contribution is -0.176. The zero-order chi connectivity index (χ0) is 9.56. The summed E-state index contributed by atoms with van der Waals surface area (Å²) in [5, 5.41) is 0. The van der Waals surface area contributed by atoms with Crippen molar-refractivity contribution in [3.05, 3.63) is 12.2 Å². The molecular weight excluding hydrogens is 160 g/mol. The summed E-state index contributed by atoms with van der Waals surface area (Å²) in [6, 6.07) is 0. The molecule has 0 amide bonds. The van der Waals surface area contributed by atoms with Gasteiger partial charge in [0.2, 0.25) is 0 Å². The Hall–Kier alpha value is -1.32. The molecule has 0 aliphatic carbocycles. The molecule has 4 nitrogen and oxygen atoms in total. The molecule has 0 fully saturated rings. The maximum Gasteiger partial charge on any atom is 0.305 e. The molecule has 0 radical (unpaired) electrons. The SMILES string of the molecule is CC=CC(OC(C)=O)OC(C)=O. The van der Waals surface area contributed by atoms with E-state index in [1.807, 2.05) is 0 Å². The fourth-order valence-corrected chi connectivity index (χ4v) is 0.587. The summed E-state index contributed by atoms with van der Waals surface area (Å²) < 4.78 is 9.27. The molecule has 0 aliphatic rings. The van der Waals surface area contributed by atoms with Crippen LogP contribution in [0.2, 0.25) is 0 Å². The Morgan fingerprint density at radius 2 is 1.58 bits per heavy atom. The molecule has 0 spiro atoms. The molecule has 0 aromatic heterocycles. The topological polar surface area (TPSA) is 52.6 Å². The van der Waals surface area contributed by atoms with Gasteiger partial charge in [0, 0.05) is 13.8 Å². The van der Waals surface area contributed by atoms with E-state index >= 15 is 0 Å². The maximum absolute atomic E-state index is 10.5. The van der Waals surface area contributed by atoms with Crippen molar-refractivity contribution in [1.82, 2.24) is 0 Å². The zero-order valence-corrected chi connectivity index (χ0v) is 7.37. The van der Waals surface area contributed by atoms with Gasteiger partial charge >= 0.3 is 11.9 Å². The molecule has 0 aromatic carbocycles. The van der Waals surface area contributed by atoms with Gasteiger partial charge in [0.15, 0.2) is 0 Å². The Labute approximate surface area is 71.2 Å². The van der Waals surface area contributed by atoms with Gasteiger partial charge in [-0.25, -0.2) is 0 Å². The van der Waals surface area contributed by atoms with Gasteiger partial charge in [-0.15, -0.1) is 0 Å². The standard InChI is InChI=1S/C8H12O4/c1-4-5-8(11-6(2)9)12-7(3)10/h4-5,8H,1-3H3. The molecular formula is C8H12O4. The molecule has 0 aliphatic heterocycles. The van der Waals surface area contributed by atoms with Crippen LogP contribution < -0.4 is 0 Å². The van der Waals surface area contributed by atoms with Crippen LogP contribution in [-0.2, 0) is 19.1 Å². The predicted molar refractivity (Wildman–Crippen MR) is 42.1 cm³/mol. The van der Waals surface area contributed by atoms with E-state index in [2.05, 4.69) is 9.47 Å². The van der Waals surface area contributed by atoms with E-state index in [1.54, 1.807) is 13.0 Å². The van der Waals surface area contributed by atoms with Crippen LogP contribution in [0, 0.1) is 0 Å². The summed E-state index contributed by atoms with van der Waals surface area (Å²) in [4.78, 5) is 20.9. The largest absolute Gasteiger partial charge is 0.421 e. The Morgan fingerprint density at radius 3 is 1.83 bits per heavy atom. The molecule has 68 valence electrons. The summed E-state index contributed by atoms with van der Waals surface area (Å²) in [5.74, 6) is -0.973. The molecule has 0 rings (SSSR count). The number of esters is 2. The normalized spacial score (nSPS) is 10.3. The van der Waals surface area contributed by atoms with Gasteiger partial charge in [-0.05, 0) is 13.0 Å². The van der Waals surface area contributed by atoms with Crippen molar-refractivity contribution in [2.45, 2.75) is 27.1 Å². The average Bonchev–Trinajstić information content (AvgIpc) is 1.84. The second-order valence-electron chi connectivity index (χ2n) is 2.11. The highest BCUT2D eigenvalue weighted by atomic mass is 16.7. The average molecular weight is 172 g/mol. The molecule has 0 atom stereocenters. The lowest BCUT2D eigenvalue weighted by atomic mass is 10.5. The first kappa shape index (κ1) is 10.7. The first-order valence-electron chi connectivity index (χ1n) is 3.53. The number of hydrogen-bond acceptors (Lipinski definition) is 4. The van der Waals surface area contributed by atoms with E-state index in [0.717, 1.165) is 0 Å². The van der Waals surface area contributed by atoms with Gasteiger partial charge in [0.25, 0.3) is 6.29 Å². The van der Waals surface area contributed by atoms with E-state index < -0.39 is 18.2 Å². The van der Waals surface area contributed by atoms with Gasteiger partial charge in [0.1, 0.15) is 0 Å². The Bertz CT molecular complexity index is 179. The molecule has 0 bridgehead atoms. The minimum Gasteiger partial charge on any atom is -0.421 e. The Morgan fingerprint density at radius 1 is 1.17 bits per heavy atom. The van der Waals surface area contributed by atoms with E-state index in [4.69, 9.17) is 0 Å². The zero-order valence-electron chi connectivity index (χ0n) is 7.37. The van der Waals surface area contributed by atoms with E-state index in [-0.39, 0.29) is 0 Å². The molecule has 0 aromatic rings. The third kappa shape index (κ3) is 5.46. The van der Waals surface area contributed by atoms with Crippen molar-refractivity contribution in [2.75, 3.05) is 0 Å². The number of ether oxygens (including phenoxy) is 2. The quantitative estimate of drug-likeness (QED) is 0.362. The number of carbonyl (C=O) groups excluding carboxylic acids is 2. The van der Waals surface area contributed by atoms with Crippen LogP contribution in [0.15, 0.2) is 12.2 Å². The molecule has 0 N–H and O–H groups in total. The fourth-order valence-electron chi connectivity index (χ4n) is 0.587. The highest BCUT2D eigenvalue weighted by Crippen LogP contribution is 1.98. The summed E-state index contributed by atoms with van der Waals surface area (Å²) in [6.45, 7) is 4.24. The first-order chi connectivity index (χ1) is 5.56. The van der Waals surface area contributed by atoms with Crippen molar-refractivity contribution in [3.63, 3.8) is 0 Å². The van der Waals surface area contributed by atoms with Crippen molar-refractivity contribution in [2.24, 2.45) is 0 Å². The maximum atomic E-state index is 10.5. The fraction of sp³-hybridized carbons (Fsp3) is 0.500. The van der Waals surface area contributed by atoms with Gasteiger partial charge in [0.05, 0.1) is 0 Å². The highest BCUT2D eigenvalue weighted by molar-refractivity contribution is 5.68. The van der Waals surface area contributed by atoms with Gasteiger partial charge in [-0.3, -0.25) is 9.59 Å². The van der Waals surface area contributed by atoms with Crippen LogP contribution in [0.4, 0.5) is 0 Å². The summed E-state index contributed by atoms with van der Waals surface area (Å²) in [5.41, 5.74) is 0. The minimum atomic E-state index is -0.898. The highest BCUT2D eigenvalue weighted by Gasteiger charge is 2.09. The van der Waals surface area contributed by atoms with Crippen molar-refractivity contribution in [3.8, 4) is 0 Å². The number of hydrogen-bond donors (Lipinski definition) is 0. The molecule has 0 saturated heterocycles. The molecule has 0 saturated carbocycles. The Kier molecular flexibility index (Phi) is 4.76. The third-order valence-electron chi connectivity index (χ3n) is 0.914. The second-order valence-corrected chi connectivity index (χ2v) is 2.11. The van der Waals surface area contributed by atoms with Crippen molar-refractivity contribution < 1.29 is 19.1 Å². The number of carbonyl (C=O) groups is 2. The van der Waals surface area contributed by atoms with Crippen LogP contribution in [0.1, 0.15) is 20.8 Å². The van der Waals surface area contributed by atoms with Gasteiger partial charge in [-0.2, -0.15) is 0 Å². The molecule has 0 heterocycles. The van der Waals surface area contributed by atoms with E-state index in [1.165, 1.54) is 19.9 Å². The predicted octanol–water partition coefficient (Wildman–Crippen LogP) is 1.01. The van der Waals surface area contributed by atoms with Crippen LogP contribution in [0.25, 0.3) is 0 Å². The number of allylic oxidation sites excluding steroid dienone is 1. The monoisotopic (exact) mass is 172 g/mol. The van der Waals surface area contributed by atoms with Crippen molar-refractivity contribution in [1.29, 1.82) is 0 Å². The summed E-state index contributed by atoms with van der Waals surface area (Å²) in [7, 11) is 0. The summed E-state index contributed by atoms with van der Waals surface area (Å²) >= 11 is 0. The molecule has 4 heteroatoms. The Balaban J connectivity index is 4.03.